The maximum atomic E-state index is 13.9. The van der Waals surface area contributed by atoms with E-state index in [2.05, 4.69) is 65.0 Å². The Bertz CT molecular complexity index is 1080. The summed E-state index contributed by atoms with van der Waals surface area (Å²) < 4.78 is 0. The van der Waals surface area contributed by atoms with E-state index in [1.807, 2.05) is 30.5 Å². The normalized spacial score (nSPS) is 21.9. The summed E-state index contributed by atoms with van der Waals surface area (Å²) in [4.78, 5) is 23.3. The molecule has 31 heavy (non-hydrogen) atoms. The van der Waals surface area contributed by atoms with E-state index < -0.39 is 5.54 Å². The second-order valence-electron chi connectivity index (χ2n) is 8.98. The molecule has 0 bridgehead atoms. The topological polar surface area (TPSA) is 36.4 Å². The van der Waals surface area contributed by atoms with Gasteiger partial charge in [-0.1, -0.05) is 59.7 Å². The van der Waals surface area contributed by atoms with Gasteiger partial charge < -0.3 is 0 Å². The number of aromatic nitrogens is 1. The Hall–Kier alpha value is -2.82. The van der Waals surface area contributed by atoms with Crippen molar-refractivity contribution in [2.24, 2.45) is 0 Å². The van der Waals surface area contributed by atoms with Crippen LogP contribution in [0.1, 0.15) is 38.3 Å². The number of carbonyl (C=O) groups excluding carboxylic acids is 1. The van der Waals surface area contributed by atoms with Crippen molar-refractivity contribution in [1.29, 1.82) is 0 Å². The molecule has 0 N–H and O–H groups in total. The molecule has 5 rings (SSSR count). The molecule has 0 amide bonds. The fraction of sp³-hybridized carbons (Fsp3) is 0.333. The van der Waals surface area contributed by atoms with Gasteiger partial charge >= 0.3 is 0 Å². The number of benzene rings is 2. The molecule has 158 valence electrons. The first-order chi connectivity index (χ1) is 15.1. The van der Waals surface area contributed by atoms with Gasteiger partial charge in [-0.05, 0) is 37.1 Å². The maximum absolute atomic E-state index is 13.9. The summed E-state index contributed by atoms with van der Waals surface area (Å²) >= 11 is 0. The van der Waals surface area contributed by atoms with Gasteiger partial charge in [-0.25, -0.2) is 0 Å². The van der Waals surface area contributed by atoms with Gasteiger partial charge in [-0.2, -0.15) is 0 Å². The first-order valence-electron chi connectivity index (χ1n) is 11.1. The van der Waals surface area contributed by atoms with E-state index in [4.69, 9.17) is 0 Å². The van der Waals surface area contributed by atoms with Gasteiger partial charge in [-0.15, -0.1) is 0 Å². The van der Waals surface area contributed by atoms with Gasteiger partial charge in [-0.3, -0.25) is 19.6 Å². The first-order valence-corrected chi connectivity index (χ1v) is 11.1. The van der Waals surface area contributed by atoms with E-state index in [1.54, 1.807) is 0 Å². The van der Waals surface area contributed by atoms with E-state index in [0.29, 0.717) is 0 Å². The Kier molecular flexibility index (Phi) is 5.20. The summed E-state index contributed by atoms with van der Waals surface area (Å²) in [6.07, 6.45) is 2.61. The van der Waals surface area contributed by atoms with Gasteiger partial charge in [0.05, 0.1) is 5.69 Å². The highest BCUT2D eigenvalue weighted by Crippen LogP contribution is 2.43. The average Bonchev–Trinajstić information content (AvgIpc) is 3.08. The summed E-state index contributed by atoms with van der Waals surface area (Å²) in [6, 6.07) is 20.9. The molecule has 2 heterocycles. The minimum absolute atomic E-state index is 0.256. The third-order valence-corrected chi connectivity index (χ3v) is 6.81. The molecule has 1 aromatic heterocycles. The van der Waals surface area contributed by atoms with Gasteiger partial charge in [0.25, 0.3) is 0 Å². The number of fused-ring (bicyclic) bond motifs is 1. The van der Waals surface area contributed by atoms with Crippen molar-refractivity contribution in [3.63, 3.8) is 0 Å². The summed E-state index contributed by atoms with van der Waals surface area (Å²) in [7, 11) is 0. The summed E-state index contributed by atoms with van der Waals surface area (Å²) in [6.45, 7) is 8.74. The summed E-state index contributed by atoms with van der Waals surface area (Å²) in [5, 5.41) is 0. The number of pyridine rings is 1. The molecule has 0 spiro atoms. The molecule has 0 radical (unpaired) electrons. The van der Waals surface area contributed by atoms with E-state index in [1.165, 1.54) is 16.7 Å². The van der Waals surface area contributed by atoms with Crippen LogP contribution in [0.4, 0.5) is 0 Å². The Morgan fingerprint density at radius 3 is 2.29 bits per heavy atom. The van der Waals surface area contributed by atoms with Crippen LogP contribution >= 0.6 is 0 Å². The van der Waals surface area contributed by atoms with Crippen molar-refractivity contribution >= 4 is 5.78 Å². The zero-order valence-electron chi connectivity index (χ0n) is 18.3. The van der Waals surface area contributed by atoms with Crippen LogP contribution < -0.4 is 0 Å². The number of hydrogen-bond acceptors (Lipinski definition) is 4. The number of Topliss-reactive ketones (excluding diaryl/α,β-unsaturated/α-hetero) is 1. The molecular weight excluding hydrogens is 382 g/mol. The lowest BCUT2D eigenvalue weighted by Gasteiger charge is -2.45. The van der Waals surface area contributed by atoms with Crippen LogP contribution in [0, 0.1) is 13.8 Å². The molecular formula is C27H29N3O. The van der Waals surface area contributed by atoms with Crippen LogP contribution in [-0.4, -0.2) is 46.7 Å². The minimum atomic E-state index is -0.600. The molecule has 1 saturated heterocycles. The standard InChI is InChI=1S/C27H29N3O/c1-20-15-21(2)17-23(16-20)27(18-22-7-3-4-9-25(22)26(27)31)30-13-11-29(12-14-30)19-24-8-5-6-10-28-24/h3-10,15-17H,11-14,18-19H2,1-2H3. The number of piperazine rings is 1. The minimum Gasteiger partial charge on any atom is -0.295 e. The largest absolute Gasteiger partial charge is 0.295 e. The van der Waals surface area contributed by atoms with Gasteiger partial charge in [0.2, 0.25) is 0 Å². The lowest BCUT2D eigenvalue weighted by atomic mass is 9.82. The Morgan fingerprint density at radius 1 is 0.903 bits per heavy atom. The van der Waals surface area contributed by atoms with E-state index >= 15 is 0 Å². The Balaban J connectivity index is 1.46. The van der Waals surface area contributed by atoms with Crippen LogP contribution in [0.2, 0.25) is 0 Å². The number of carbonyl (C=O) groups is 1. The molecule has 2 aliphatic rings. The number of aryl methyl sites for hydroxylation is 2. The predicted octanol–water partition coefficient (Wildman–Crippen LogP) is 4.15. The van der Waals surface area contributed by atoms with Gasteiger partial charge in [0.15, 0.2) is 5.78 Å². The van der Waals surface area contributed by atoms with E-state index in [0.717, 1.165) is 56.0 Å². The van der Waals surface area contributed by atoms with E-state index in [-0.39, 0.29) is 5.78 Å². The monoisotopic (exact) mass is 411 g/mol. The molecule has 1 aliphatic heterocycles. The van der Waals surface area contributed by atoms with Crippen molar-refractivity contribution in [2.75, 3.05) is 26.2 Å². The molecule has 3 aromatic rings. The molecule has 2 aromatic carbocycles. The van der Waals surface area contributed by atoms with Gasteiger partial charge in [0, 0.05) is 50.9 Å². The number of nitrogens with zero attached hydrogens (tertiary/aromatic N) is 3. The molecule has 1 unspecified atom stereocenters. The van der Waals surface area contributed by atoms with Crippen molar-refractivity contribution < 1.29 is 4.79 Å². The highest BCUT2D eigenvalue weighted by atomic mass is 16.1. The second kappa shape index (κ2) is 8.03. The van der Waals surface area contributed by atoms with Crippen molar-refractivity contribution in [3.8, 4) is 0 Å². The van der Waals surface area contributed by atoms with Crippen LogP contribution in [0.5, 0.6) is 0 Å². The first kappa shape index (κ1) is 20.1. The Labute approximate surface area is 184 Å². The Morgan fingerprint density at radius 2 is 1.61 bits per heavy atom. The van der Waals surface area contributed by atoms with Crippen molar-refractivity contribution in [2.45, 2.75) is 32.4 Å². The molecule has 1 fully saturated rings. The average molecular weight is 412 g/mol. The fourth-order valence-electron chi connectivity index (χ4n) is 5.37. The van der Waals surface area contributed by atoms with Crippen LogP contribution in [0.15, 0.2) is 66.9 Å². The lowest BCUT2D eigenvalue weighted by Crippen LogP contribution is -2.58. The van der Waals surface area contributed by atoms with Crippen molar-refractivity contribution in [3.05, 3.63) is 100 Å². The summed E-state index contributed by atoms with van der Waals surface area (Å²) in [5.74, 6) is 0.256. The zero-order valence-corrected chi connectivity index (χ0v) is 18.3. The van der Waals surface area contributed by atoms with Gasteiger partial charge in [0.1, 0.15) is 5.54 Å². The van der Waals surface area contributed by atoms with Crippen LogP contribution in [0.3, 0.4) is 0 Å². The second-order valence-corrected chi connectivity index (χ2v) is 8.98. The van der Waals surface area contributed by atoms with Crippen LogP contribution in [-0.2, 0) is 18.5 Å². The molecule has 4 heteroatoms. The van der Waals surface area contributed by atoms with Crippen LogP contribution in [0.25, 0.3) is 0 Å². The SMILES string of the molecule is Cc1cc(C)cc(C2(N3CCN(Cc4ccccn4)CC3)Cc3ccccc3C2=O)c1. The molecule has 1 aliphatic carbocycles. The highest BCUT2D eigenvalue weighted by molar-refractivity contribution is 6.08. The fourth-order valence-corrected chi connectivity index (χ4v) is 5.37. The maximum Gasteiger partial charge on any atom is 0.188 e. The lowest BCUT2D eigenvalue weighted by molar-refractivity contribution is 0.0285. The van der Waals surface area contributed by atoms with E-state index in [9.17, 15) is 4.79 Å². The molecule has 0 saturated carbocycles. The molecule has 4 nitrogen and oxygen atoms in total. The quantitative estimate of drug-likeness (QED) is 0.646. The zero-order chi connectivity index (χ0) is 21.4. The molecule has 1 atom stereocenters. The van der Waals surface area contributed by atoms with Crippen molar-refractivity contribution in [1.82, 2.24) is 14.8 Å². The number of hydrogen-bond donors (Lipinski definition) is 0. The predicted molar refractivity (Wildman–Crippen MR) is 123 cm³/mol. The number of rotatable bonds is 4. The smallest absolute Gasteiger partial charge is 0.188 e. The summed E-state index contributed by atoms with van der Waals surface area (Å²) in [5.41, 5.74) is 6.13. The number of ketones is 1. The third kappa shape index (κ3) is 3.60. The third-order valence-electron chi connectivity index (χ3n) is 6.81. The highest BCUT2D eigenvalue weighted by Gasteiger charge is 2.51.